The van der Waals surface area contributed by atoms with Crippen molar-refractivity contribution in [2.75, 3.05) is 0 Å². The molecule has 0 aliphatic rings. The molecule has 108 valence electrons. The lowest BCUT2D eigenvalue weighted by molar-refractivity contribution is 0.571. The van der Waals surface area contributed by atoms with E-state index in [4.69, 9.17) is 6.42 Å². The van der Waals surface area contributed by atoms with E-state index in [2.05, 4.69) is 57.8 Å². The Morgan fingerprint density at radius 3 is 1.11 bits per heavy atom. The highest BCUT2D eigenvalue weighted by Crippen LogP contribution is 2.11. The molecule has 0 aliphatic heterocycles. The monoisotopic (exact) mass is 268 g/mol. The van der Waals surface area contributed by atoms with Gasteiger partial charge in [-0.05, 0) is 41.5 Å². The zero-order chi connectivity index (χ0) is 13.6. The minimum Gasteiger partial charge on any atom is -0.131 e. The molecule has 1 heteroatoms. The fourth-order valence-electron chi connectivity index (χ4n) is 0.375. The fourth-order valence-corrected chi connectivity index (χ4v) is 1.12. The van der Waals surface area contributed by atoms with Crippen LogP contribution >= 0.6 is 0 Å². The molecule has 0 aliphatic carbocycles. The third-order valence-electron chi connectivity index (χ3n) is 1.25. The minimum atomic E-state index is -1.13. The van der Waals surface area contributed by atoms with Crippen molar-refractivity contribution in [3.63, 3.8) is 0 Å². The van der Waals surface area contributed by atoms with Crippen LogP contribution in [0.2, 0.25) is 19.6 Å². The quantitative estimate of drug-likeness (QED) is 0.382. The van der Waals surface area contributed by atoms with Crippen molar-refractivity contribution in [1.29, 1.82) is 0 Å². The number of terminal acetylenes is 1. The van der Waals surface area contributed by atoms with E-state index in [0.717, 1.165) is 0 Å². The molecule has 0 rings (SSSR count). The minimum absolute atomic E-state index is 0. The molecule has 0 bridgehead atoms. The normalized spacial score (nSPS) is 10.2. The highest BCUT2D eigenvalue weighted by Gasteiger charge is 2.10. The molecule has 0 aromatic heterocycles. The van der Waals surface area contributed by atoms with Crippen LogP contribution < -0.4 is 0 Å². The first-order valence-corrected chi connectivity index (χ1v) is 9.29. The van der Waals surface area contributed by atoms with Crippen LogP contribution in [0.1, 0.15) is 56.4 Å². The van der Waals surface area contributed by atoms with Gasteiger partial charge >= 0.3 is 0 Å². The third kappa shape index (κ3) is 36.2. The van der Waals surface area contributed by atoms with E-state index < -0.39 is 8.07 Å². The van der Waals surface area contributed by atoms with Crippen LogP contribution in [0.4, 0.5) is 0 Å². The van der Waals surface area contributed by atoms with Gasteiger partial charge in [0.25, 0.3) is 0 Å². The van der Waals surface area contributed by atoms with Crippen molar-refractivity contribution in [1.82, 2.24) is 0 Å². The third-order valence-corrected chi connectivity index (χ3v) is 2.12. The molecule has 0 unspecified atom stereocenters. The Hall–Kier alpha value is -0.663. The zero-order valence-corrected chi connectivity index (χ0v) is 13.6. The van der Waals surface area contributed by atoms with Crippen molar-refractivity contribution in [3.8, 4) is 23.8 Å². The van der Waals surface area contributed by atoms with Crippen LogP contribution in [0.15, 0.2) is 0 Å². The van der Waals surface area contributed by atoms with E-state index in [-0.39, 0.29) is 25.7 Å². The molecule has 0 aromatic rings. The first kappa shape index (κ1) is 26.0. The highest BCUT2D eigenvalue weighted by molar-refractivity contribution is 6.83. The molecule has 0 radical (unpaired) electrons. The largest absolute Gasteiger partial charge is 0.131 e. The predicted molar refractivity (Wildman–Crippen MR) is 92.3 cm³/mol. The molecule has 0 saturated heterocycles. The molecule has 18 heavy (non-hydrogen) atoms. The van der Waals surface area contributed by atoms with Crippen LogP contribution in [0, 0.1) is 34.6 Å². The van der Waals surface area contributed by atoms with E-state index in [1.165, 1.54) is 0 Å². The summed E-state index contributed by atoms with van der Waals surface area (Å²) < 4.78 is 0. The second-order valence-electron chi connectivity index (χ2n) is 7.14. The van der Waals surface area contributed by atoms with E-state index in [9.17, 15) is 0 Å². The van der Waals surface area contributed by atoms with Crippen LogP contribution in [-0.4, -0.2) is 8.07 Å². The van der Waals surface area contributed by atoms with Crippen molar-refractivity contribution >= 4 is 8.07 Å². The lowest BCUT2D eigenvalue weighted by atomic mass is 9.99. The molecule has 0 heterocycles. The van der Waals surface area contributed by atoms with Gasteiger partial charge in [0.2, 0.25) is 0 Å². The molecular formula is C17H36Si. The summed E-state index contributed by atoms with van der Waals surface area (Å²) in [5.74, 6) is 5.88. The van der Waals surface area contributed by atoms with Crippen molar-refractivity contribution in [3.05, 3.63) is 0 Å². The van der Waals surface area contributed by atoms with E-state index in [0.29, 0.717) is 0 Å². The summed E-state index contributed by atoms with van der Waals surface area (Å²) in [6.07, 6.45) is 5.06. The number of hydrogen-bond acceptors (Lipinski definition) is 0. The fraction of sp³-hybridized carbons (Fsp3) is 0.765. The summed E-state index contributed by atoms with van der Waals surface area (Å²) >= 11 is 0. The lowest BCUT2D eigenvalue weighted by Gasteiger charge is -2.10. The first-order valence-electron chi connectivity index (χ1n) is 5.79. The summed E-state index contributed by atoms with van der Waals surface area (Å²) in [4.78, 5) is 0. The maximum atomic E-state index is 5.06. The first-order chi connectivity index (χ1) is 6.77. The summed E-state index contributed by atoms with van der Waals surface area (Å²) in [5.41, 5.74) is 3.60. The van der Waals surface area contributed by atoms with Gasteiger partial charge in [-0.25, -0.2) is 0 Å². The van der Waals surface area contributed by atoms with Gasteiger partial charge in [-0.2, -0.15) is 0 Å². The van der Waals surface area contributed by atoms with E-state index >= 15 is 0 Å². The lowest BCUT2D eigenvalue weighted by Crippen LogP contribution is -2.17. The molecular weight excluding hydrogens is 232 g/mol. The Morgan fingerprint density at radius 2 is 1.06 bits per heavy atom. The Bertz CT molecular complexity index is 268. The SMILES string of the molecule is C.C.C#CC(C)(C)C.CC(C)(C)C#C[Si](C)(C)C. The van der Waals surface area contributed by atoms with Crippen LogP contribution in [0.25, 0.3) is 0 Å². The predicted octanol–water partition coefficient (Wildman–Crippen LogP) is 5.85. The van der Waals surface area contributed by atoms with Crippen molar-refractivity contribution in [2.24, 2.45) is 10.8 Å². The van der Waals surface area contributed by atoms with Gasteiger partial charge in [-0.3, -0.25) is 0 Å². The Labute approximate surface area is 119 Å². The second-order valence-corrected chi connectivity index (χ2v) is 11.9. The van der Waals surface area contributed by atoms with Crippen molar-refractivity contribution in [2.45, 2.75) is 76.0 Å². The molecule has 0 spiro atoms. The highest BCUT2D eigenvalue weighted by atomic mass is 28.3. The summed E-state index contributed by atoms with van der Waals surface area (Å²) in [6, 6.07) is 0. The average Bonchev–Trinajstić information content (AvgIpc) is 1.98. The van der Waals surface area contributed by atoms with E-state index in [1.54, 1.807) is 0 Å². The second kappa shape index (κ2) is 9.29. The van der Waals surface area contributed by atoms with Gasteiger partial charge in [0.1, 0.15) is 8.07 Å². The average molecular weight is 269 g/mol. The number of hydrogen-bond donors (Lipinski definition) is 0. The zero-order valence-electron chi connectivity index (χ0n) is 12.6. The van der Waals surface area contributed by atoms with Crippen LogP contribution in [0.5, 0.6) is 0 Å². The topological polar surface area (TPSA) is 0 Å². The molecule has 0 aromatic carbocycles. The number of rotatable bonds is 0. The molecule has 0 atom stereocenters. The Balaban J connectivity index is -0.000000108. The Kier molecular flexibility index (Phi) is 13.4. The maximum absolute atomic E-state index is 5.06. The van der Waals surface area contributed by atoms with Gasteiger partial charge in [0.15, 0.2) is 0 Å². The summed E-state index contributed by atoms with van der Waals surface area (Å²) in [6.45, 7) is 19.3. The molecule has 0 nitrogen and oxygen atoms in total. The summed E-state index contributed by atoms with van der Waals surface area (Å²) in [7, 11) is -1.13. The van der Waals surface area contributed by atoms with Crippen LogP contribution in [-0.2, 0) is 0 Å². The summed E-state index contributed by atoms with van der Waals surface area (Å²) in [5, 5.41) is 0. The smallest absolute Gasteiger partial charge is 0.129 e. The van der Waals surface area contributed by atoms with Crippen molar-refractivity contribution < 1.29 is 0 Å². The molecule has 0 N–H and O–H groups in total. The van der Waals surface area contributed by atoms with Gasteiger partial charge in [0, 0.05) is 10.8 Å². The molecule has 0 fully saturated rings. The Morgan fingerprint density at radius 1 is 0.778 bits per heavy atom. The standard InChI is InChI=1S/C9H18Si.C6H10.2CH4/c1-9(2,3)7-8-10(4,5)6;1-5-6(2,3)4;;/h1-6H3;1H,2-4H3;2*1H4. The van der Waals surface area contributed by atoms with Gasteiger partial charge in [0.05, 0.1) is 0 Å². The van der Waals surface area contributed by atoms with Gasteiger partial charge in [-0.1, -0.05) is 34.5 Å². The molecule has 0 saturated carbocycles. The van der Waals surface area contributed by atoms with Gasteiger partial charge < -0.3 is 0 Å². The van der Waals surface area contributed by atoms with Gasteiger partial charge in [-0.15, -0.1) is 23.8 Å². The maximum Gasteiger partial charge on any atom is 0.129 e. The van der Waals surface area contributed by atoms with Crippen LogP contribution in [0.3, 0.4) is 0 Å². The molecule has 0 amide bonds. The van der Waals surface area contributed by atoms with E-state index in [1.807, 2.05) is 20.8 Å².